The van der Waals surface area contributed by atoms with Gasteiger partial charge in [-0.1, -0.05) is 42.5 Å². The minimum Gasteiger partial charge on any atom is -0.298 e. The normalized spacial score (nSPS) is 14.0. The Morgan fingerprint density at radius 3 is 2.50 bits per heavy atom. The van der Waals surface area contributed by atoms with Gasteiger partial charge in [-0.3, -0.25) is 4.79 Å². The highest BCUT2D eigenvalue weighted by atomic mass is 16.1. The topological polar surface area (TPSA) is 17.1 Å². The van der Waals surface area contributed by atoms with Gasteiger partial charge in [-0.05, 0) is 47.9 Å². The van der Waals surface area contributed by atoms with Crippen LogP contribution in [0.5, 0.6) is 0 Å². The monoisotopic (exact) mass is 236 g/mol. The quantitative estimate of drug-likeness (QED) is 0.719. The highest BCUT2D eigenvalue weighted by molar-refractivity contribution is 5.87. The van der Waals surface area contributed by atoms with Crippen LogP contribution in [0.15, 0.2) is 42.5 Å². The van der Waals surface area contributed by atoms with E-state index >= 15 is 0 Å². The van der Waals surface area contributed by atoms with Gasteiger partial charge >= 0.3 is 0 Å². The molecule has 0 radical (unpaired) electrons. The summed E-state index contributed by atoms with van der Waals surface area (Å²) in [5.41, 5.74) is 5.92. The number of aldehydes is 1. The number of rotatable bonds is 2. The van der Waals surface area contributed by atoms with Crippen LogP contribution in [0.1, 0.15) is 34.3 Å². The van der Waals surface area contributed by atoms with Crippen molar-refractivity contribution in [2.24, 2.45) is 0 Å². The van der Waals surface area contributed by atoms with Gasteiger partial charge in [0.05, 0.1) is 0 Å². The molecule has 2 aromatic carbocycles. The van der Waals surface area contributed by atoms with E-state index in [0.717, 1.165) is 17.4 Å². The molecular weight excluding hydrogens is 220 g/mol. The Hall–Kier alpha value is -1.89. The molecule has 18 heavy (non-hydrogen) atoms. The zero-order valence-corrected chi connectivity index (χ0v) is 10.4. The minimum atomic E-state index is 0.772. The average Bonchev–Trinajstić information content (AvgIpc) is 2.46. The standard InChI is InChI=1S/C17H16O/c18-12-16-7-3-4-8-17(16)15-10-9-13-5-1-2-6-14(13)11-15/h3-4,7-12H,1-2,5-6H2. The van der Waals surface area contributed by atoms with Crippen molar-refractivity contribution in [2.45, 2.75) is 25.7 Å². The molecule has 0 aromatic heterocycles. The molecule has 0 fully saturated rings. The van der Waals surface area contributed by atoms with Gasteiger partial charge in [0.1, 0.15) is 0 Å². The van der Waals surface area contributed by atoms with Gasteiger partial charge in [0.15, 0.2) is 6.29 Å². The molecular formula is C17H16O. The second-order valence-corrected chi connectivity index (χ2v) is 4.90. The predicted molar refractivity (Wildman–Crippen MR) is 73.9 cm³/mol. The molecule has 0 heterocycles. The lowest BCUT2D eigenvalue weighted by atomic mass is 9.88. The molecule has 0 bridgehead atoms. The summed E-state index contributed by atoms with van der Waals surface area (Å²) >= 11 is 0. The number of aryl methyl sites for hydroxylation is 2. The van der Waals surface area contributed by atoms with Crippen molar-refractivity contribution in [3.05, 3.63) is 59.2 Å². The van der Waals surface area contributed by atoms with Crippen molar-refractivity contribution in [3.63, 3.8) is 0 Å². The van der Waals surface area contributed by atoms with E-state index in [2.05, 4.69) is 18.2 Å². The molecule has 0 saturated carbocycles. The average molecular weight is 236 g/mol. The zero-order valence-electron chi connectivity index (χ0n) is 10.4. The molecule has 0 N–H and O–H groups in total. The number of carbonyl (C=O) groups is 1. The Morgan fingerprint density at radius 2 is 1.67 bits per heavy atom. The second-order valence-electron chi connectivity index (χ2n) is 4.90. The number of hydrogen-bond donors (Lipinski definition) is 0. The highest BCUT2D eigenvalue weighted by Crippen LogP contribution is 2.28. The summed E-state index contributed by atoms with van der Waals surface area (Å²) in [5, 5.41) is 0. The smallest absolute Gasteiger partial charge is 0.150 e. The van der Waals surface area contributed by atoms with Crippen molar-refractivity contribution in [2.75, 3.05) is 0 Å². The van der Waals surface area contributed by atoms with Crippen LogP contribution in [-0.4, -0.2) is 6.29 Å². The van der Waals surface area contributed by atoms with Gasteiger partial charge < -0.3 is 0 Å². The highest BCUT2D eigenvalue weighted by Gasteiger charge is 2.11. The summed E-state index contributed by atoms with van der Waals surface area (Å²) in [6.45, 7) is 0. The molecule has 2 aromatic rings. The van der Waals surface area contributed by atoms with Gasteiger partial charge in [-0.2, -0.15) is 0 Å². The third kappa shape index (κ3) is 1.97. The molecule has 0 aliphatic heterocycles. The van der Waals surface area contributed by atoms with E-state index in [9.17, 15) is 4.79 Å². The zero-order chi connectivity index (χ0) is 12.4. The van der Waals surface area contributed by atoms with Crippen molar-refractivity contribution in [1.29, 1.82) is 0 Å². The molecule has 3 rings (SSSR count). The lowest BCUT2D eigenvalue weighted by Crippen LogP contribution is -2.02. The first-order chi connectivity index (χ1) is 8.88. The van der Waals surface area contributed by atoms with Crippen molar-refractivity contribution in [3.8, 4) is 11.1 Å². The molecule has 0 unspecified atom stereocenters. The molecule has 0 saturated heterocycles. The maximum Gasteiger partial charge on any atom is 0.150 e. The fourth-order valence-corrected chi connectivity index (χ4v) is 2.76. The van der Waals surface area contributed by atoms with Gasteiger partial charge in [0.2, 0.25) is 0 Å². The van der Waals surface area contributed by atoms with E-state index in [1.54, 1.807) is 0 Å². The third-order valence-corrected chi connectivity index (χ3v) is 3.75. The van der Waals surface area contributed by atoms with Crippen molar-refractivity contribution in [1.82, 2.24) is 0 Å². The molecule has 0 amide bonds. The van der Waals surface area contributed by atoms with E-state index in [4.69, 9.17) is 0 Å². The Balaban J connectivity index is 2.09. The summed E-state index contributed by atoms with van der Waals surface area (Å²) in [5.74, 6) is 0. The largest absolute Gasteiger partial charge is 0.298 e. The summed E-state index contributed by atoms with van der Waals surface area (Å²) in [7, 11) is 0. The molecule has 1 nitrogen and oxygen atoms in total. The first kappa shape index (κ1) is 11.2. The second kappa shape index (κ2) is 4.77. The van der Waals surface area contributed by atoms with Crippen LogP contribution in [0.3, 0.4) is 0 Å². The fourth-order valence-electron chi connectivity index (χ4n) is 2.76. The van der Waals surface area contributed by atoms with Crippen LogP contribution in [0, 0.1) is 0 Å². The van der Waals surface area contributed by atoms with Crippen LogP contribution in [-0.2, 0) is 12.8 Å². The Bertz CT molecular complexity index is 584. The molecule has 1 aliphatic carbocycles. The summed E-state index contributed by atoms with van der Waals surface area (Å²) in [6, 6.07) is 14.4. The lowest BCUT2D eigenvalue weighted by Gasteiger charge is -2.17. The van der Waals surface area contributed by atoms with E-state index in [1.807, 2.05) is 24.3 Å². The maximum atomic E-state index is 11.1. The van der Waals surface area contributed by atoms with Gasteiger partial charge in [0.25, 0.3) is 0 Å². The Morgan fingerprint density at radius 1 is 0.889 bits per heavy atom. The third-order valence-electron chi connectivity index (χ3n) is 3.75. The molecule has 0 atom stereocenters. The van der Waals surface area contributed by atoms with E-state index in [1.165, 1.54) is 42.4 Å². The Labute approximate surface area is 107 Å². The van der Waals surface area contributed by atoms with Gasteiger partial charge in [0, 0.05) is 5.56 Å². The van der Waals surface area contributed by atoms with Crippen LogP contribution in [0.25, 0.3) is 11.1 Å². The van der Waals surface area contributed by atoms with Crippen LogP contribution >= 0.6 is 0 Å². The van der Waals surface area contributed by atoms with E-state index in [0.29, 0.717) is 0 Å². The molecule has 90 valence electrons. The molecule has 1 aliphatic rings. The van der Waals surface area contributed by atoms with Crippen molar-refractivity contribution >= 4 is 6.29 Å². The number of carbonyl (C=O) groups excluding carboxylic acids is 1. The van der Waals surface area contributed by atoms with E-state index in [-0.39, 0.29) is 0 Å². The lowest BCUT2D eigenvalue weighted by molar-refractivity contribution is 0.112. The number of fused-ring (bicyclic) bond motifs is 1. The first-order valence-electron chi connectivity index (χ1n) is 6.55. The van der Waals surface area contributed by atoms with Gasteiger partial charge in [-0.15, -0.1) is 0 Å². The number of benzene rings is 2. The number of hydrogen-bond acceptors (Lipinski definition) is 1. The predicted octanol–water partition coefficient (Wildman–Crippen LogP) is 4.04. The molecule has 0 spiro atoms. The molecule has 1 heteroatoms. The van der Waals surface area contributed by atoms with E-state index < -0.39 is 0 Å². The summed E-state index contributed by atoms with van der Waals surface area (Å²) < 4.78 is 0. The summed E-state index contributed by atoms with van der Waals surface area (Å²) in [6.07, 6.45) is 5.90. The SMILES string of the molecule is O=Cc1ccccc1-c1ccc2c(c1)CCCC2. The minimum absolute atomic E-state index is 0.772. The van der Waals surface area contributed by atoms with Crippen LogP contribution in [0.2, 0.25) is 0 Å². The van der Waals surface area contributed by atoms with Crippen LogP contribution < -0.4 is 0 Å². The maximum absolute atomic E-state index is 11.1. The van der Waals surface area contributed by atoms with Crippen LogP contribution in [0.4, 0.5) is 0 Å². The van der Waals surface area contributed by atoms with Gasteiger partial charge in [-0.25, -0.2) is 0 Å². The fraction of sp³-hybridized carbons (Fsp3) is 0.235. The first-order valence-corrected chi connectivity index (χ1v) is 6.55. The Kier molecular flexibility index (Phi) is 2.97. The van der Waals surface area contributed by atoms with Crippen molar-refractivity contribution < 1.29 is 4.79 Å². The summed E-state index contributed by atoms with van der Waals surface area (Å²) in [4.78, 5) is 11.1.